The normalized spacial score (nSPS) is 22.9. The minimum absolute atomic E-state index is 0.0187. The second-order valence-corrected chi connectivity index (χ2v) is 5.54. The van der Waals surface area contributed by atoms with E-state index in [9.17, 15) is 9.59 Å². The van der Waals surface area contributed by atoms with Crippen LogP contribution in [-0.4, -0.2) is 67.0 Å². The highest BCUT2D eigenvalue weighted by Crippen LogP contribution is 2.12. The Morgan fingerprint density at radius 1 is 1.20 bits per heavy atom. The first-order valence-electron chi connectivity index (χ1n) is 7.74. The van der Waals surface area contributed by atoms with Gasteiger partial charge in [0.25, 0.3) is 0 Å². The number of piperazine rings is 1. The first kappa shape index (κ1) is 15.1. The summed E-state index contributed by atoms with van der Waals surface area (Å²) >= 11 is 0. The van der Waals surface area contributed by atoms with Gasteiger partial charge in [-0.2, -0.15) is 0 Å². The van der Waals surface area contributed by atoms with Gasteiger partial charge in [-0.15, -0.1) is 0 Å². The minimum Gasteiger partial charge on any atom is -0.339 e. The van der Waals surface area contributed by atoms with Crippen molar-refractivity contribution in [3.8, 4) is 0 Å². The minimum atomic E-state index is -0.0187. The molecule has 0 aromatic carbocycles. The van der Waals surface area contributed by atoms with Crippen LogP contribution in [0.4, 0.5) is 4.79 Å². The molecule has 0 aliphatic carbocycles. The summed E-state index contributed by atoms with van der Waals surface area (Å²) in [7, 11) is 0. The summed E-state index contributed by atoms with van der Waals surface area (Å²) in [6, 6.07) is 0.505. The number of hydrogen-bond acceptors (Lipinski definition) is 3. The molecule has 2 aliphatic heterocycles. The first-order valence-corrected chi connectivity index (χ1v) is 7.74. The molecule has 6 nitrogen and oxygen atoms in total. The Bertz CT molecular complexity index is 334. The summed E-state index contributed by atoms with van der Waals surface area (Å²) in [5.41, 5.74) is 0. The van der Waals surface area contributed by atoms with Crippen LogP contribution >= 0.6 is 0 Å². The molecule has 2 saturated heterocycles. The van der Waals surface area contributed by atoms with Crippen LogP contribution in [0.2, 0.25) is 0 Å². The van der Waals surface area contributed by atoms with Gasteiger partial charge < -0.3 is 20.4 Å². The van der Waals surface area contributed by atoms with Crippen LogP contribution in [0.1, 0.15) is 32.6 Å². The highest BCUT2D eigenvalue weighted by molar-refractivity contribution is 5.77. The Hall–Kier alpha value is -1.30. The molecule has 2 fully saturated rings. The summed E-state index contributed by atoms with van der Waals surface area (Å²) in [5.74, 6) is 0.231. The molecule has 0 bridgehead atoms. The van der Waals surface area contributed by atoms with Gasteiger partial charge >= 0.3 is 6.03 Å². The Balaban J connectivity index is 1.67. The van der Waals surface area contributed by atoms with Crippen LogP contribution in [0.5, 0.6) is 0 Å². The largest absolute Gasteiger partial charge is 0.339 e. The van der Waals surface area contributed by atoms with Crippen molar-refractivity contribution >= 4 is 11.9 Å². The SMILES string of the molecule is CCNC(=O)N1CCN(C(=O)CCC2CCCN2)CC1. The first-order chi connectivity index (χ1) is 9.70. The molecule has 0 saturated carbocycles. The lowest BCUT2D eigenvalue weighted by atomic mass is 10.1. The molecule has 2 rings (SSSR count). The van der Waals surface area contributed by atoms with Crippen molar-refractivity contribution in [1.82, 2.24) is 20.4 Å². The van der Waals surface area contributed by atoms with E-state index in [0.717, 1.165) is 13.0 Å². The fraction of sp³-hybridized carbons (Fsp3) is 0.857. The predicted molar refractivity (Wildman–Crippen MR) is 77.5 cm³/mol. The number of carbonyl (C=O) groups excluding carboxylic acids is 2. The van der Waals surface area contributed by atoms with Crippen LogP contribution in [-0.2, 0) is 4.79 Å². The maximum Gasteiger partial charge on any atom is 0.317 e. The van der Waals surface area contributed by atoms with Gasteiger partial charge in [-0.3, -0.25) is 4.79 Å². The molecule has 20 heavy (non-hydrogen) atoms. The second kappa shape index (κ2) is 7.47. The number of urea groups is 1. The van der Waals surface area contributed by atoms with Crippen molar-refractivity contribution in [2.24, 2.45) is 0 Å². The summed E-state index contributed by atoms with van der Waals surface area (Å²) in [5, 5.41) is 6.22. The van der Waals surface area contributed by atoms with Crippen LogP contribution in [0.3, 0.4) is 0 Å². The summed E-state index contributed by atoms with van der Waals surface area (Å²) < 4.78 is 0. The van der Waals surface area contributed by atoms with E-state index in [1.54, 1.807) is 4.90 Å². The Morgan fingerprint density at radius 3 is 2.50 bits per heavy atom. The van der Waals surface area contributed by atoms with Gasteiger partial charge in [0.2, 0.25) is 5.91 Å². The van der Waals surface area contributed by atoms with Gasteiger partial charge in [0.15, 0.2) is 0 Å². The topological polar surface area (TPSA) is 64.7 Å². The summed E-state index contributed by atoms with van der Waals surface area (Å²) in [4.78, 5) is 27.5. The number of hydrogen-bond donors (Lipinski definition) is 2. The van der Waals surface area contributed by atoms with Crippen molar-refractivity contribution < 1.29 is 9.59 Å². The summed E-state index contributed by atoms with van der Waals surface area (Å²) in [6.07, 6.45) is 3.98. The quantitative estimate of drug-likeness (QED) is 0.784. The van der Waals surface area contributed by atoms with Gasteiger partial charge in [0.1, 0.15) is 0 Å². The van der Waals surface area contributed by atoms with Crippen molar-refractivity contribution in [3.05, 3.63) is 0 Å². The Kier molecular flexibility index (Phi) is 5.64. The van der Waals surface area contributed by atoms with Crippen LogP contribution in [0.25, 0.3) is 0 Å². The number of nitrogens with zero attached hydrogens (tertiary/aromatic N) is 2. The maximum atomic E-state index is 12.1. The molecule has 2 N–H and O–H groups in total. The van der Waals surface area contributed by atoms with E-state index in [1.807, 2.05) is 11.8 Å². The molecule has 6 heteroatoms. The van der Waals surface area contributed by atoms with Crippen LogP contribution in [0, 0.1) is 0 Å². The highest BCUT2D eigenvalue weighted by Gasteiger charge is 2.24. The standard InChI is InChI=1S/C14H26N4O2/c1-2-15-14(20)18-10-8-17(9-11-18)13(19)6-5-12-4-3-7-16-12/h12,16H,2-11H2,1H3,(H,15,20). The summed E-state index contributed by atoms with van der Waals surface area (Å²) in [6.45, 7) is 6.24. The third-order valence-corrected chi connectivity index (χ3v) is 4.12. The lowest BCUT2D eigenvalue weighted by Gasteiger charge is -2.34. The number of carbonyl (C=O) groups is 2. The van der Waals surface area contributed by atoms with E-state index in [-0.39, 0.29) is 11.9 Å². The zero-order valence-corrected chi connectivity index (χ0v) is 12.4. The maximum absolute atomic E-state index is 12.1. The molecule has 0 radical (unpaired) electrons. The third kappa shape index (κ3) is 4.10. The molecule has 114 valence electrons. The number of amides is 3. The van der Waals surface area contributed by atoms with E-state index in [4.69, 9.17) is 0 Å². The van der Waals surface area contributed by atoms with Gasteiger partial charge in [0.05, 0.1) is 0 Å². The average molecular weight is 282 g/mol. The van der Waals surface area contributed by atoms with E-state index in [2.05, 4.69) is 10.6 Å². The molecule has 0 spiro atoms. The van der Waals surface area contributed by atoms with Crippen LogP contribution < -0.4 is 10.6 Å². The average Bonchev–Trinajstić information content (AvgIpc) is 2.98. The van der Waals surface area contributed by atoms with Crippen molar-refractivity contribution in [1.29, 1.82) is 0 Å². The lowest BCUT2D eigenvalue weighted by Crippen LogP contribution is -2.53. The van der Waals surface area contributed by atoms with Gasteiger partial charge in [-0.1, -0.05) is 0 Å². The van der Waals surface area contributed by atoms with Crippen LogP contribution in [0.15, 0.2) is 0 Å². The fourth-order valence-corrected chi connectivity index (χ4v) is 2.88. The van der Waals surface area contributed by atoms with E-state index in [0.29, 0.717) is 45.2 Å². The van der Waals surface area contributed by atoms with Crippen molar-refractivity contribution in [3.63, 3.8) is 0 Å². The fourth-order valence-electron chi connectivity index (χ4n) is 2.88. The molecule has 1 atom stereocenters. The van der Waals surface area contributed by atoms with Crippen molar-refractivity contribution in [2.75, 3.05) is 39.3 Å². The van der Waals surface area contributed by atoms with E-state index < -0.39 is 0 Å². The molecular weight excluding hydrogens is 256 g/mol. The van der Waals surface area contributed by atoms with Crippen molar-refractivity contribution in [2.45, 2.75) is 38.6 Å². The van der Waals surface area contributed by atoms with Gasteiger partial charge in [-0.05, 0) is 32.7 Å². The lowest BCUT2D eigenvalue weighted by molar-refractivity contribution is -0.132. The van der Waals surface area contributed by atoms with Gasteiger partial charge in [0, 0.05) is 45.2 Å². The molecule has 0 aromatic rings. The zero-order valence-electron chi connectivity index (χ0n) is 12.4. The molecule has 1 unspecified atom stereocenters. The second-order valence-electron chi connectivity index (χ2n) is 5.54. The zero-order chi connectivity index (χ0) is 14.4. The Labute approximate surface area is 120 Å². The number of rotatable bonds is 4. The molecule has 3 amide bonds. The Morgan fingerprint density at radius 2 is 1.90 bits per heavy atom. The molecular formula is C14H26N4O2. The highest BCUT2D eigenvalue weighted by atomic mass is 16.2. The van der Waals surface area contributed by atoms with E-state index >= 15 is 0 Å². The molecule has 0 aromatic heterocycles. The number of nitrogens with one attached hydrogen (secondary N) is 2. The van der Waals surface area contributed by atoms with E-state index in [1.165, 1.54) is 12.8 Å². The predicted octanol–water partition coefficient (Wildman–Crippen LogP) is 0.392. The molecule has 2 heterocycles. The van der Waals surface area contributed by atoms with Gasteiger partial charge in [-0.25, -0.2) is 4.79 Å². The monoisotopic (exact) mass is 282 g/mol. The molecule has 2 aliphatic rings. The smallest absolute Gasteiger partial charge is 0.317 e. The third-order valence-electron chi connectivity index (χ3n) is 4.12.